The molecule has 0 atom stereocenters. The minimum absolute atomic E-state index is 0.268. The van der Waals surface area contributed by atoms with Crippen LogP contribution in [-0.2, 0) is 0 Å². The van der Waals surface area contributed by atoms with Gasteiger partial charge in [0.05, 0.1) is 8.49 Å². The highest BCUT2D eigenvalue weighted by Gasteiger charge is 2.18. The van der Waals surface area contributed by atoms with Crippen LogP contribution in [0, 0.1) is 13.7 Å². The third-order valence-corrected chi connectivity index (χ3v) is 3.17. The van der Waals surface area contributed by atoms with Crippen LogP contribution >= 0.6 is 22.6 Å². The molecular weight excluding hydrogens is 333 g/mol. The summed E-state index contributed by atoms with van der Waals surface area (Å²) in [5.74, 6) is -0.282. The van der Waals surface area contributed by atoms with Gasteiger partial charge < -0.3 is 5.11 Å². The monoisotopic (exact) mass is 341 g/mol. The standard InChI is InChI=1S/C12H8INO3/c13-10-6-9(8-4-2-1-3-5-8)7-11(12(10)15)14(16)17/h1-7,15H. The number of nitro groups is 1. The fourth-order valence-electron chi connectivity index (χ4n) is 1.52. The lowest BCUT2D eigenvalue weighted by Gasteiger charge is -2.04. The first-order valence-corrected chi connectivity index (χ1v) is 5.90. The van der Waals surface area contributed by atoms with Crippen LogP contribution in [-0.4, -0.2) is 10.0 Å². The van der Waals surface area contributed by atoms with E-state index in [0.29, 0.717) is 3.57 Å². The van der Waals surface area contributed by atoms with Crippen LogP contribution in [0.4, 0.5) is 5.69 Å². The van der Waals surface area contributed by atoms with Gasteiger partial charge in [-0.1, -0.05) is 30.3 Å². The second kappa shape index (κ2) is 4.70. The van der Waals surface area contributed by atoms with E-state index in [2.05, 4.69) is 0 Å². The van der Waals surface area contributed by atoms with Gasteiger partial charge in [0, 0.05) is 6.07 Å². The summed E-state index contributed by atoms with van der Waals surface area (Å²) >= 11 is 1.88. The summed E-state index contributed by atoms with van der Waals surface area (Å²) in [7, 11) is 0. The number of phenols is 1. The van der Waals surface area contributed by atoms with Gasteiger partial charge in [0.2, 0.25) is 5.75 Å². The van der Waals surface area contributed by atoms with E-state index in [0.717, 1.165) is 11.1 Å². The van der Waals surface area contributed by atoms with E-state index in [4.69, 9.17) is 0 Å². The van der Waals surface area contributed by atoms with Gasteiger partial charge in [-0.15, -0.1) is 0 Å². The largest absolute Gasteiger partial charge is 0.501 e. The zero-order valence-electron chi connectivity index (χ0n) is 8.63. The van der Waals surface area contributed by atoms with Crippen molar-refractivity contribution in [3.8, 4) is 16.9 Å². The van der Waals surface area contributed by atoms with Crippen molar-refractivity contribution in [3.05, 3.63) is 56.1 Å². The number of rotatable bonds is 2. The number of halogens is 1. The quantitative estimate of drug-likeness (QED) is 0.516. The van der Waals surface area contributed by atoms with Crippen LogP contribution < -0.4 is 0 Å². The molecule has 0 radical (unpaired) electrons. The zero-order chi connectivity index (χ0) is 12.4. The second-order valence-corrected chi connectivity index (χ2v) is 4.61. The average Bonchev–Trinajstić information content (AvgIpc) is 2.33. The Labute approximate surface area is 111 Å². The summed E-state index contributed by atoms with van der Waals surface area (Å²) in [6, 6.07) is 12.4. The molecule has 2 aromatic rings. The van der Waals surface area contributed by atoms with Gasteiger partial charge in [0.1, 0.15) is 0 Å². The van der Waals surface area contributed by atoms with E-state index in [-0.39, 0.29) is 11.4 Å². The molecule has 0 fully saturated rings. The van der Waals surface area contributed by atoms with Crippen molar-refractivity contribution in [1.82, 2.24) is 0 Å². The number of hydrogen-bond donors (Lipinski definition) is 1. The Bertz CT molecular complexity index is 569. The molecule has 2 rings (SSSR count). The molecule has 0 unspecified atom stereocenters. The zero-order valence-corrected chi connectivity index (χ0v) is 10.8. The highest BCUT2D eigenvalue weighted by molar-refractivity contribution is 14.1. The van der Waals surface area contributed by atoms with Crippen molar-refractivity contribution in [1.29, 1.82) is 0 Å². The molecule has 0 saturated carbocycles. The van der Waals surface area contributed by atoms with Gasteiger partial charge in [-0.2, -0.15) is 0 Å². The van der Waals surface area contributed by atoms with Crippen molar-refractivity contribution >= 4 is 28.3 Å². The van der Waals surface area contributed by atoms with Gasteiger partial charge in [0.25, 0.3) is 0 Å². The summed E-state index contributed by atoms with van der Waals surface area (Å²) in [4.78, 5) is 10.2. The molecule has 2 aromatic carbocycles. The average molecular weight is 341 g/mol. The van der Waals surface area contributed by atoms with Crippen LogP contribution in [0.25, 0.3) is 11.1 Å². The van der Waals surface area contributed by atoms with Crippen LogP contribution in [0.3, 0.4) is 0 Å². The van der Waals surface area contributed by atoms with Gasteiger partial charge in [0.15, 0.2) is 0 Å². The molecule has 0 aromatic heterocycles. The molecule has 0 aliphatic carbocycles. The van der Waals surface area contributed by atoms with Gasteiger partial charge in [-0.25, -0.2) is 0 Å². The van der Waals surface area contributed by atoms with Crippen LogP contribution in [0.1, 0.15) is 0 Å². The fourth-order valence-corrected chi connectivity index (χ4v) is 2.13. The number of nitrogens with zero attached hydrogens (tertiary/aromatic N) is 1. The third kappa shape index (κ3) is 2.38. The maximum absolute atomic E-state index is 10.8. The number of phenolic OH excluding ortho intramolecular Hbond substituents is 1. The fraction of sp³-hybridized carbons (Fsp3) is 0. The lowest BCUT2D eigenvalue weighted by atomic mass is 10.1. The normalized spacial score (nSPS) is 10.2. The van der Waals surface area contributed by atoms with Crippen LogP contribution in [0.15, 0.2) is 42.5 Å². The first-order chi connectivity index (χ1) is 8.09. The van der Waals surface area contributed by atoms with Crippen molar-refractivity contribution < 1.29 is 10.0 Å². The third-order valence-electron chi connectivity index (χ3n) is 2.35. The van der Waals surface area contributed by atoms with Gasteiger partial charge >= 0.3 is 5.69 Å². The Hall–Kier alpha value is -1.63. The smallest absolute Gasteiger partial charge is 0.312 e. The molecule has 0 spiro atoms. The van der Waals surface area contributed by atoms with E-state index < -0.39 is 4.92 Å². The number of benzene rings is 2. The molecule has 86 valence electrons. The van der Waals surface area contributed by atoms with E-state index in [1.807, 2.05) is 52.9 Å². The first kappa shape index (κ1) is 11.8. The minimum atomic E-state index is -0.579. The van der Waals surface area contributed by atoms with Crippen molar-refractivity contribution in [3.63, 3.8) is 0 Å². The number of hydrogen-bond acceptors (Lipinski definition) is 3. The van der Waals surface area contributed by atoms with E-state index in [1.165, 1.54) is 6.07 Å². The predicted octanol–water partition coefficient (Wildman–Crippen LogP) is 3.57. The summed E-state index contributed by atoms with van der Waals surface area (Å²) in [6.45, 7) is 0. The first-order valence-electron chi connectivity index (χ1n) is 4.82. The summed E-state index contributed by atoms with van der Waals surface area (Å²) in [5.41, 5.74) is 1.34. The van der Waals surface area contributed by atoms with Crippen LogP contribution in [0.5, 0.6) is 5.75 Å². The molecule has 0 bridgehead atoms. The number of nitro benzene ring substituents is 1. The lowest BCUT2D eigenvalue weighted by Crippen LogP contribution is -1.91. The Morgan fingerprint density at radius 3 is 2.35 bits per heavy atom. The van der Waals surface area contributed by atoms with Gasteiger partial charge in [-0.3, -0.25) is 10.1 Å². The molecule has 0 aliphatic heterocycles. The topological polar surface area (TPSA) is 63.4 Å². The molecule has 0 amide bonds. The molecule has 0 saturated heterocycles. The Balaban J connectivity index is 2.61. The maximum Gasteiger partial charge on any atom is 0.312 e. The predicted molar refractivity (Wildman–Crippen MR) is 72.9 cm³/mol. The molecule has 4 nitrogen and oxygen atoms in total. The lowest BCUT2D eigenvalue weighted by molar-refractivity contribution is -0.385. The summed E-state index contributed by atoms with van der Waals surface area (Å²) in [6.07, 6.45) is 0. The molecule has 5 heteroatoms. The summed E-state index contributed by atoms with van der Waals surface area (Å²) < 4.78 is 0.468. The molecule has 0 aliphatic rings. The van der Waals surface area contributed by atoms with Crippen molar-refractivity contribution in [2.75, 3.05) is 0 Å². The van der Waals surface area contributed by atoms with E-state index >= 15 is 0 Å². The van der Waals surface area contributed by atoms with E-state index in [1.54, 1.807) is 6.07 Å². The minimum Gasteiger partial charge on any atom is -0.501 e. The Morgan fingerprint density at radius 1 is 1.12 bits per heavy atom. The van der Waals surface area contributed by atoms with Crippen molar-refractivity contribution in [2.45, 2.75) is 0 Å². The SMILES string of the molecule is O=[N+]([O-])c1cc(-c2ccccc2)cc(I)c1O. The number of aromatic hydroxyl groups is 1. The van der Waals surface area contributed by atoms with Crippen molar-refractivity contribution in [2.24, 2.45) is 0 Å². The van der Waals surface area contributed by atoms with E-state index in [9.17, 15) is 15.2 Å². The summed E-state index contributed by atoms with van der Waals surface area (Å²) in [5, 5.41) is 20.4. The second-order valence-electron chi connectivity index (χ2n) is 3.45. The molecule has 0 heterocycles. The van der Waals surface area contributed by atoms with Crippen LogP contribution in [0.2, 0.25) is 0 Å². The highest BCUT2D eigenvalue weighted by atomic mass is 127. The maximum atomic E-state index is 10.8. The molecule has 1 N–H and O–H groups in total. The Morgan fingerprint density at radius 2 is 1.76 bits per heavy atom. The van der Waals surface area contributed by atoms with Gasteiger partial charge in [-0.05, 0) is 39.8 Å². The Kier molecular flexibility index (Phi) is 3.28. The molecular formula is C12H8INO3. The molecule has 17 heavy (non-hydrogen) atoms. The highest BCUT2D eigenvalue weighted by Crippen LogP contribution is 2.35.